The molecule has 0 aliphatic carbocycles. The molecule has 10 heteroatoms. The third kappa shape index (κ3) is 4.23. The molecule has 0 fully saturated rings. The summed E-state index contributed by atoms with van der Waals surface area (Å²) in [5.41, 5.74) is -0.169. The van der Waals surface area contributed by atoms with Crippen molar-refractivity contribution in [3.63, 3.8) is 0 Å². The van der Waals surface area contributed by atoms with E-state index >= 15 is 0 Å². The number of nitro benzene ring substituents is 1. The van der Waals surface area contributed by atoms with Crippen LogP contribution in [-0.2, 0) is 0 Å². The molecule has 0 spiro atoms. The Morgan fingerprint density at radius 1 is 1.11 bits per heavy atom. The first kappa shape index (κ1) is 21.6. The van der Waals surface area contributed by atoms with Crippen LogP contribution >= 0.6 is 23.2 Å². The zero-order valence-corrected chi connectivity index (χ0v) is 17.1. The second-order valence-electron chi connectivity index (χ2n) is 5.66. The van der Waals surface area contributed by atoms with Gasteiger partial charge in [-0.2, -0.15) is 0 Å². The third-order valence-electron chi connectivity index (χ3n) is 4.01. The number of halogens is 2. The zero-order valence-electron chi connectivity index (χ0n) is 15.5. The molecule has 0 aromatic heterocycles. The first-order valence-electron chi connectivity index (χ1n) is 7.98. The summed E-state index contributed by atoms with van der Waals surface area (Å²) >= 11 is 12.1. The van der Waals surface area contributed by atoms with Crippen LogP contribution in [0.3, 0.4) is 0 Å². The SMILES string of the molecule is COc1cc(C(=O)NC(C)c2ccc(Cl)cc2Cl)c([N+](=O)[O-])c(OC)c1OC. The fourth-order valence-corrected chi connectivity index (χ4v) is 3.27. The Hall–Kier alpha value is -2.71. The van der Waals surface area contributed by atoms with Crippen LogP contribution in [0, 0.1) is 10.1 Å². The van der Waals surface area contributed by atoms with E-state index in [-0.39, 0.29) is 22.8 Å². The molecule has 8 nitrogen and oxygen atoms in total. The van der Waals surface area contributed by atoms with Crippen LogP contribution in [-0.4, -0.2) is 32.2 Å². The summed E-state index contributed by atoms with van der Waals surface area (Å²) in [5.74, 6) is -0.784. The molecule has 0 saturated heterocycles. The van der Waals surface area contributed by atoms with Crippen LogP contribution < -0.4 is 19.5 Å². The summed E-state index contributed by atoms with van der Waals surface area (Å²) in [4.78, 5) is 23.8. The molecule has 0 bridgehead atoms. The van der Waals surface area contributed by atoms with E-state index in [0.29, 0.717) is 15.6 Å². The van der Waals surface area contributed by atoms with Gasteiger partial charge in [0.2, 0.25) is 11.5 Å². The van der Waals surface area contributed by atoms with Crippen molar-refractivity contribution in [1.82, 2.24) is 5.32 Å². The van der Waals surface area contributed by atoms with Gasteiger partial charge in [-0.05, 0) is 24.6 Å². The summed E-state index contributed by atoms with van der Waals surface area (Å²) in [7, 11) is 3.90. The van der Waals surface area contributed by atoms with Gasteiger partial charge < -0.3 is 19.5 Å². The average molecular weight is 429 g/mol. The van der Waals surface area contributed by atoms with Gasteiger partial charge in [-0.25, -0.2) is 0 Å². The Morgan fingerprint density at radius 3 is 2.25 bits per heavy atom. The molecular weight excluding hydrogens is 411 g/mol. The van der Waals surface area contributed by atoms with Gasteiger partial charge >= 0.3 is 5.69 Å². The molecule has 28 heavy (non-hydrogen) atoms. The van der Waals surface area contributed by atoms with E-state index in [4.69, 9.17) is 37.4 Å². The number of ether oxygens (including phenoxy) is 3. The number of carbonyl (C=O) groups is 1. The highest BCUT2D eigenvalue weighted by atomic mass is 35.5. The topological polar surface area (TPSA) is 99.9 Å². The van der Waals surface area contributed by atoms with Crippen LogP contribution in [0.4, 0.5) is 5.69 Å². The van der Waals surface area contributed by atoms with E-state index < -0.39 is 22.6 Å². The van der Waals surface area contributed by atoms with Crippen LogP contribution in [0.2, 0.25) is 10.0 Å². The smallest absolute Gasteiger partial charge is 0.327 e. The van der Waals surface area contributed by atoms with E-state index in [0.717, 1.165) is 0 Å². The number of amides is 1. The maximum Gasteiger partial charge on any atom is 0.327 e. The maximum absolute atomic E-state index is 12.8. The molecule has 0 radical (unpaired) electrons. The second kappa shape index (κ2) is 8.99. The fourth-order valence-electron chi connectivity index (χ4n) is 2.70. The number of rotatable bonds is 7. The van der Waals surface area contributed by atoms with Crippen molar-refractivity contribution in [2.45, 2.75) is 13.0 Å². The Kier molecular flexibility index (Phi) is 6.93. The molecule has 2 rings (SSSR count). The molecule has 0 heterocycles. The summed E-state index contributed by atoms with van der Waals surface area (Å²) < 4.78 is 15.4. The number of nitrogens with zero attached hydrogens (tertiary/aromatic N) is 1. The van der Waals surface area contributed by atoms with Gasteiger partial charge in [0.15, 0.2) is 5.75 Å². The van der Waals surface area contributed by atoms with Gasteiger partial charge in [0.05, 0.1) is 32.3 Å². The molecule has 1 amide bonds. The highest BCUT2D eigenvalue weighted by Gasteiger charge is 2.33. The minimum Gasteiger partial charge on any atom is -0.493 e. The quantitative estimate of drug-likeness (QED) is 0.517. The molecule has 0 saturated carbocycles. The Balaban J connectivity index is 2.50. The maximum atomic E-state index is 12.8. The summed E-state index contributed by atoms with van der Waals surface area (Å²) in [5, 5.41) is 15.1. The highest BCUT2D eigenvalue weighted by molar-refractivity contribution is 6.35. The fraction of sp³-hybridized carbons (Fsp3) is 0.278. The summed E-state index contributed by atoms with van der Waals surface area (Å²) in [6.07, 6.45) is 0. The summed E-state index contributed by atoms with van der Waals surface area (Å²) in [6.45, 7) is 1.69. The van der Waals surface area contributed by atoms with Crippen molar-refractivity contribution in [2.24, 2.45) is 0 Å². The Bertz CT molecular complexity index is 919. The predicted octanol–water partition coefficient (Wildman–Crippen LogP) is 4.42. The summed E-state index contributed by atoms with van der Waals surface area (Å²) in [6, 6.07) is 5.52. The number of hydrogen-bond acceptors (Lipinski definition) is 6. The van der Waals surface area contributed by atoms with Crippen molar-refractivity contribution >= 4 is 34.8 Å². The largest absolute Gasteiger partial charge is 0.493 e. The van der Waals surface area contributed by atoms with Crippen LogP contribution in [0.15, 0.2) is 24.3 Å². The van der Waals surface area contributed by atoms with Crippen LogP contribution in [0.5, 0.6) is 17.2 Å². The number of methoxy groups -OCH3 is 3. The lowest BCUT2D eigenvalue weighted by molar-refractivity contribution is -0.386. The highest BCUT2D eigenvalue weighted by Crippen LogP contribution is 2.46. The molecule has 1 unspecified atom stereocenters. The molecule has 0 aliphatic rings. The normalized spacial score (nSPS) is 11.5. The number of nitrogens with one attached hydrogen (secondary N) is 1. The van der Waals surface area contributed by atoms with E-state index in [2.05, 4.69) is 5.32 Å². The molecule has 2 aromatic carbocycles. The number of nitro groups is 1. The van der Waals surface area contributed by atoms with Gasteiger partial charge in [-0.15, -0.1) is 0 Å². The number of benzene rings is 2. The molecular formula is C18H18Cl2N2O6. The Morgan fingerprint density at radius 2 is 1.75 bits per heavy atom. The van der Waals surface area contributed by atoms with Crippen molar-refractivity contribution in [3.8, 4) is 17.2 Å². The minimum absolute atomic E-state index is 0.0158. The van der Waals surface area contributed by atoms with E-state index in [1.54, 1.807) is 25.1 Å². The van der Waals surface area contributed by atoms with Crippen molar-refractivity contribution < 1.29 is 23.9 Å². The zero-order chi connectivity index (χ0) is 21.0. The van der Waals surface area contributed by atoms with E-state index in [9.17, 15) is 14.9 Å². The first-order valence-corrected chi connectivity index (χ1v) is 8.73. The average Bonchev–Trinajstić information content (AvgIpc) is 2.65. The van der Waals surface area contributed by atoms with Crippen LogP contribution in [0.1, 0.15) is 28.9 Å². The Labute approximate surface area is 171 Å². The molecule has 1 N–H and O–H groups in total. The van der Waals surface area contributed by atoms with Crippen molar-refractivity contribution in [1.29, 1.82) is 0 Å². The molecule has 150 valence electrons. The number of carbonyl (C=O) groups excluding carboxylic acids is 1. The van der Waals surface area contributed by atoms with Gasteiger partial charge in [0.1, 0.15) is 5.56 Å². The van der Waals surface area contributed by atoms with E-state index in [1.165, 1.54) is 27.4 Å². The van der Waals surface area contributed by atoms with Crippen molar-refractivity contribution in [2.75, 3.05) is 21.3 Å². The first-order chi connectivity index (χ1) is 13.2. The second-order valence-corrected chi connectivity index (χ2v) is 6.50. The van der Waals surface area contributed by atoms with Crippen molar-refractivity contribution in [3.05, 3.63) is 55.6 Å². The number of hydrogen-bond donors (Lipinski definition) is 1. The third-order valence-corrected chi connectivity index (χ3v) is 4.57. The van der Waals surface area contributed by atoms with Gasteiger partial charge in [-0.3, -0.25) is 14.9 Å². The van der Waals surface area contributed by atoms with Gasteiger partial charge in [-0.1, -0.05) is 29.3 Å². The lowest BCUT2D eigenvalue weighted by Gasteiger charge is -2.18. The van der Waals surface area contributed by atoms with E-state index in [1.807, 2.05) is 0 Å². The molecule has 2 aromatic rings. The standard InChI is InChI=1S/C18H18Cl2N2O6/c1-9(11-6-5-10(19)7-13(11)20)21-18(23)12-8-14(26-2)16(27-3)17(28-4)15(12)22(24)25/h5-9H,1-4H3,(H,21,23). The lowest BCUT2D eigenvalue weighted by atomic mass is 10.1. The van der Waals surface area contributed by atoms with Gasteiger partial charge in [0, 0.05) is 16.1 Å². The predicted molar refractivity (Wildman–Crippen MR) is 105 cm³/mol. The van der Waals surface area contributed by atoms with Crippen LogP contribution in [0.25, 0.3) is 0 Å². The van der Waals surface area contributed by atoms with Gasteiger partial charge in [0.25, 0.3) is 5.91 Å². The lowest BCUT2D eigenvalue weighted by Crippen LogP contribution is -2.27. The minimum atomic E-state index is -0.713. The molecule has 1 atom stereocenters. The monoisotopic (exact) mass is 428 g/mol. The molecule has 0 aliphatic heterocycles.